The van der Waals surface area contributed by atoms with E-state index in [2.05, 4.69) is 5.32 Å². The zero-order valence-corrected chi connectivity index (χ0v) is 12.8. The Morgan fingerprint density at radius 3 is 2.60 bits per heavy atom. The van der Waals surface area contributed by atoms with E-state index in [1.165, 1.54) is 13.8 Å². The quantitative estimate of drug-likeness (QED) is 0.901. The molecule has 0 saturated heterocycles. The fourth-order valence-electron chi connectivity index (χ4n) is 2.13. The van der Waals surface area contributed by atoms with Crippen molar-refractivity contribution < 1.29 is 13.2 Å². The minimum Gasteiger partial charge on any atom is -0.383 e. The summed E-state index contributed by atoms with van der Waals surface area (Å²) >= 11 is 0. The fourth-order valence-corrected chi connectivity index (χ4v) is 2.56. The van der Waals surface area contributed by atoms with Gasteiger partial charge in [0.1, 0.15) is 4.75 Å². The number of nitrogens with zero attached hydrogens (tertiary/aromatic N) is 1. The Morgan fingerprint density at radius 1 is 1.30 bits per heavy atom. The molecule has 0 unspecified atom stereocenters. The Kier molecular flexibility index (Phi) is 3.77. The number of nitrogens with one attached hydrogen (secondary N) is 1. The topological polar surface area (TPSA) is 66.5 Å². The number of hydrogen-bond acceptors (Lipinski definition) is 4. The van der Waals surface area contributed by atoms with Crippen molar-refractivity contribution in [3.63, 3.8) is 0 Å². The van der Waals surface area contributed by atoms with Crippen molar-refractivity contribution >= 4 is 27.1 Å². The minimum absolute atomic E-state index is 0.379. The van der Waals surface area contributed by atoms with Gasteiger partial charge in [-0.2, -0.15) is 0 Å². The molecule has 0 radical (unpaired) electrons. The molecule has 5 nitrogen and oxygen atoms in total. The maximum Gasteiger partial charge on any atom is 0.247 e. The summed E-state index contributed by atoms with van der Waals surface area (Å²) in [7, 11) is -3.48. The number of sulfone groups is 1. The van der Waals surface area contributed by atoms with E-state index in [1.807, 2.05) is 24.3 Å². The number of benzene rings is 1. The lowest BCUT2D eigenvalue weighted by molar-refractivity contribution is -0.120. The van der Waals surface area contributed by atoms with Crippen LogP contribution in [0.5, 0.6) is 0 Å². The third-order valence-corrected chi connectivity index (χ3v) is 5.78. The van der Waals surface area contributed by atoms with Gasteiger partial charge in [-0.05, 0) is 32.4 Å². The summed E-state index contributed by atoms with van der Waals surface area (Å²) in [6.45, 7) is 4.21. The van der Waals surface area contributed by atoms with E-state index >= 15 is 0 Å². The molecule has 20 heavy (non-hydrogen) atoms. The van der Waals surface area contributed by atoms with Crippen LogP contribution in [0.3, 0.4) is 0 Å². The van der Waals surface area contributed by atoms with Crippen LogP contribution in [-0.4, -0.2) is 38.4 Å². The van der Waals surface area contributed by atoms with Crippen molar-refractivity contribution in [2.75, 3.05) is 29.6 Å². The van der Waals surface area contributed by atoms with Gasteiger partial charge in [0, 0.05) is 19.3 Å². The highest BCUT2D eigenvalue weighted by Crippen LogP contribution is 2.31. The first-order valence-electron chi connectivity index (χ1n) is 6.59. The summed E-state index contributed by atoms with van der Waals surface area (Å²) in [6.07, 6.45) is 1.88. The van der Waals surface area contributed by atoms with E-state index in [0.29, 0.717) is 6.54 Å². The molecular formula is C14H20N2O3S. The van der Waals surface area contributed by atoms with Gasteiger partial charge < -0.3 is 10.2 Å². The average Bonchev–Trinajstić information content (AvgIpc) is 2.58. The van der Waals surface area contributed by atoms with Crippen LogP contribution in [0, 0.1) is 0 Å². The normalized spacial score (nSPS) is 16.1. The summed E-state index contributed by atoms with van der Waals surface area (Å²) in [5.41, 5.74) is 1.61. The number of fused-ring (bicyclic) bond motifs is 1. The Labute approximate surface area is 119 Å². The van der Waals surface area contributed by atoms with Crippen molar-refractivity contribution in [2.45, 2.75) is 25.0 Å². The maximum atomic E-state index is 12.7. The Hall–Kier alpha value is -1.56. The molecule has 1 amide bonds. The molecule has 0 saturated carbocycles. The molecular weight excluding hydrogens is 276 g/mol. The smallest absolute Gasteiger partial charge is 0.247 e. The number of carbonyl (C=O) groups excluding carboxylic acids is 1. The first-order valence-corrected chi connectivity index (χ1v) is 8.49. The molecule has 1 aromatic carbocycles. The number of rotatable bonds is 2. The predicted octanol–water partition coefficient (Wildman–Crippen LogP) is 1.66. The van der Waals surface area contributed by atoms with E-state index in [4.69, 9.17) is 0 Å². The molecule has 0 aliphatic carbocycles. The number of hydrogen-bond donors (Lipinski definition) is 1. The summed E-state index contributed by atoms with van der Waals surface area (Å²) in [6, 6.07) is 7.47. The van der Waals surface area contributed by atoms with Crippen LogP contribution in [0.1, 0.15) is 20.3 Å². The lowest BCUT2D eigenvalue weighted by Gasteiger charge is -2.30. The number of carbonyl (C=O) groups is 1. The molecule has 1 heterocycles. The van der Waals surface area contributed by atoms with Gasteiger partial charge in [0.15, 0.2) is 9.84 Å². The fraction of sp³-hybridized carbons (Fsp3) is 0.500. The highest BCUT2D eigenvalue weighted by molar-refractivity contribution is 7.92. The molecule has 2 rings (SSSR count). The molecule has 0 spiro atoms. The van der Waals surface area contributed by atoms with Crippen LogP contribution >= 0.6 is 0 Å². The Bertz CT molecular complexity index is 623. The van der Waals surface area contributed by atoms with Gasteiger partial charge in [0.2, 0.25) is 5.91 Å². The van der Waals surface area contributed by atoms with E-state index < -0.39 is 14.6 Å². The maximum absolute atomic E-state index is 12.7. The lowest BCUT2D eigenvalue weighted by Crippen LogP contribution is -2.50. The summed E-state index contributed by atoms with van der Waals surface area (Å²) in [4.78, 5) is 14.3. The Morgan fingerprint density at radius 2 is 1.95 bits per heavy atom. The number of anilines is 2. The molecule has 1 aliphatic heterocycles. The van der Waals surface area contributed by atoms with Gasteiger partial charge in [-0.15, -0.1) is 0 Å². The first kappa shape index (κ1) is 14.8. The molecule has 6 heteroatoms. The number of amides is 1. The minimum atomic E-state index is -3.48. The van der Waals surface area contributed by atoms with Crippen molar-refractivity contribution in [1.29, 1.82) is 0 Å². The van der Waals surface area contributed by atoms with E-state index in [1.54, 1.807) is 4.90 Å². The monoisotopic (exact) mass is 296 g/mol. The van der Waals surface area contributed by atoms with E-state index in [9.17, 15) is 13.2 Å². The summed E-state index contributed by atoms with van der Waals surface area (Å²) in [5.74, 6) is -0.379. The zero-order chi connectivity index (χ0) is 15.0. The highest BCUT2D eigenvalue weighted by atomic mass is 32.2. The van der Waals surface area contributed by atoms with Crippen molar-refractivity contribution in [3.8, 4) is 0 Å². The average molecular weight is 296 g/mol. The third kappa shape index (κ3) is 2.52. The highest BCUT2D eigenvalue weighted by Gasteiger charge is 2.42. The van der Waals surface area contributed by atoms with Gasteiger partial charge in [-0.25, -0.2) is 8.42 Å². The van der Waals surface area contributed by atoms with Crippen LogP contribution in [-0.2, 0) is 14.6 Å². The third-order valence-electron chi connectivity index (χ3n) is 3.76. The molecule has 0 bridgehead atoms. The first-order chi connectivity index (χ1) is 9.25. The Balaban J connectivity index is 2.45. The SMILES string of the molecule is CC(C)(C(=O)N1CCCNc2ccccc21)S(C)(=O)=O. The van der Waals surface area contributed by atoms with E-state index in [-0.39, 0.29) is 5.91 Å². The molecule has 110 valence electrons. The standard InChI is InChI=1S/C14H20N2O3S/c1-14(2,20(3,18)19)13(17)16-10-6-9-15-11-7-4-5-8-12(11)16/h4-5,7-8,15H,6,9-10H2,1-3H3. The molecule has 1 N–H and O–H groups in total. The van der Waals surface area contributed by atoms with Crippen molar-refractivity contribution in [1.82, 2.24) is 0 Å². The summed E-state index contributed by atoms with van der Waals surface area (Å²) in [5, 5.41) is 3.26. The van der Waals surface area contributed by atoms with Crippen LogP contribution in [0.25, 0.3) is 0 Å². The second kappa shape index (κ2) is 5.09. The zero-order valence-electron chi connectivity index (χ0n) is 12.0. The van der Waals surface area contributed by atoms with E-state index in [0.717, 1.165) is 30.6 Å². The summed E-state index contributed by atoms with van der Waals surface area (Å²) < 4.78 is 22.3. The molecule has 0 aromatic heterocycles. The van der Waals surface area contributed by atoms with Crippen LogP contribution in [0.4, 0.5) is 11.4 Å². The lowest BCUT2D eigenvalue weighted by atomic mass is 10.1. The molecule has 0 fully saturated rings. The van der Waals surface area contributed by atoms with Crippen LogP contribution < -0.4 is 10.2 Å². The second-order valence-corrected chi connectivity index (χ2v) is 8.10. The predicted molar refractivity (Wildman–Crippen MR) is 80.8 cm³/mol. The van der Waals surface area contributed by atoms with Crippen LogP contribution in [0.15, 0.2) is 24.3 Å². The van der Waals surface area contributed by atoms with Gasteiger partial charge in [-0.1, -0.05) is 12.1 Å². The largest absolute Gasteiger partial charge is 0.383 e. The van der Waals surface area contributed by atoms with Gasteiger partial charge in [0.25, 0.3) is 0 Å². The van der Waals surface area contributed by atoms with Gasteiger partial charge in [-0.3, -0.25) is 4.79 Å². The van der Waals surface area contributed by atoms with Gasteiger partial charge in [0.05, 0.1) is 11.4 Å². The van der Waals surface area contributed by atoms with Crippen molar-refractivity contribution in [2.24, 2.45) is 0 Å². The van der Waals surface area contributed by atoms with Crippen molar-refractivity contribution in [3.05, 3.63) is 24.3 Å². The molecule has 1 aromatic rings. The van der Waals surface area contributed by atoms with Crippen LogP contribution in [0.2, 0.25) is 0 Å². The van der Waals surface area contributed by atoms with Gasteiger partial charge >= 0.3 is 0 Å². The second-order valence-electron chi connectivity index (χ2n) is 5.54. The molecule has 0 atom stereocenters. The number of para-hydroxylation sites is 2. The molecule has 1 aliphatic rings.